The molecule has 1 saturated heterocycles. The zero-order valence-corrected chi connectivity index (χ0v) is 12.3. The van der Waals surface area contributed by atoms with E-state index in [2.05, 4.69) is 5.32 Å². The quantitative estimate of drug-likeness (QED) is 0.826. The highest BCUT2D eigenvalue weighted by Crippen LogP contribution is 2.24. The number of carbonyl (C=O) groups is 2. The Morgan fingerprint density at radius 3 is 2.71 bits per heavy atom. The molecule has 1 aromatic carbocycles. The number of rotatable bonds is 3. The summed E-state index contributed by atoms with van der Waals surface area (Å²) in [6.45, 7) is 2.54. The van der Waals surface area contributed by atoms with Gasteiger partial charge in [0.05, 0.1) is 0 Å². The van der Waals surface area contributed by atoms with Crippen molar-refractivity contribution in [2.45, 2.75) is 44.7 Å². The molecule has 3 rings (SSSR count). The van der Waals surface area contributed by atoms with E-state index in [1.807, 2.05) is 13.0 Å². The van der Waals surface area contributed by atoms with Gasteiger partial charge in [0.2, 0.25) is 5.91 Å². The molecular weight excluding hydrogens is 266 g/mol. The van der Waals surface area contributed by atoms with Gasteiger partial charge in [0.1, 0.15) is 6.04 Å². The van der Waals surface area contributed by atoms with Crippen molar-refractivity contribution in [3.63, 3.8) is 0 Å². The van der Waals surface area contributed by atoms with Crippen molar-refractivity contribution in [3.8, 4) is 0 Å². The molecule has 0 aromatic heterocycles. The Hall–Kier alpha value is -2.04. The van der Waals surface area contributed by atoms with E-state index in [0.29, 0.717) is 23.8 Å². The Morgan fingerprint density at radius 1 is 1.29 bits per heavy atom. The second-order valence-corrected chi connectivity index (χ2v) is 6.01. The van der Waals surface area contributed by atoms with Crippen molar-refractivity contribution in [1.82, 2.24) is 10.2 Å². The molecule has 0 bridgehead atoms. The third-order valence-electron chi connectivity index (χ3n) is 4.27. The molecular formula is C16H21N3O2. The van der Waals surface area contributed by atoms with E-state index in [1.165, 1.54) is 0 Å². The first-order valence-electron chi connectivity index (χ1n) is 7.54. The van der Waals surface area contributed by atoms with Crippen LogP contribution in [0.5, 0.6) is 0 Å². The summed E-state index contributed by atoms with van der Waals surface area (Å²) in [5.74, 6) is -0.112. The van der Waals surface area contributed by atoms with Crippen molar-refractivity contribution in [1.29, 1.82) is 0 Å². The molecule has 2 fully saturated rings. The second-order valence-electron chi connectivity index (χ2n) is 6.01. The minimum Gasteiger partial charge on any atom is -0.398 e. The highest BCUT2D eigenvalue weighted by molar-refractivity contribution is 5.98. The molecule has 21 heavy (non-hydrogen) atoms. The van der Waals surface area contributed by atoms with Crippen molar-refractivity contribution in [3.05, 3.63) is 29.3 Å². The standard InChI is InChI=1S/C16H21N3O2/c1-10-4-5-11(9-13(10)17)16(21)19-8-2-3-14(19)15(20)18-12-6-7-12/h4-5,9,12,14H,2-3,6-8,17H2,1H3,(H,18,20). The van der Waals surface area contributed by atoms with E-state index >= 15 is 0 Å². The van der Waals surface area contributed by atoms with Crippen LogP contribution in [-0.2, 0) is 4.79 Å². The van der Waals surface area contributed by atoms with Gasteiger partial charge in [-0.25, -0.2) is 0 Å². The number of nitrogens with two attached hydrogens (primary N) is 1. The summed E-state index contributed by atoms with van der Waals surface area (Å²) >= 11 is 0. The summed E-state index contributed by atoms with van der Waals surface area (Å²) in [6, 6.07) is 5.32. The smallest absolute Gasteiger partial charge is 0.254 e. The molecule has 2 aliphatic rings. The number of hydrogen-bond acceptors (Lipinski definition) is 3. The van der Waals surface area contributed by atoms with E-state index in [4.69, 9.17) is 5.73 Å². The molecule has 2 amide bonds. The molecule has 1 aliphatic heterocycles. The number of benzene rings is 1. The van der Waals surface area contributed by atoms with Gasteiger partial charge in [0, 0.05) is 23.8 Å². The van der Waals surface area contributed by atoms with Gasteiger partial charge in [0.15, 0.2) is 0 Å². The molecule has 112 valence electrons. The van der Waals surface area contributed by atoms with Crippen molar-refractivity contribution < 1.29 is 9.59 Å². The lowest BCUT2D eigenvalue weighted by Crippen LogP contribution is -2.46. The minimum atomic E-state index is -0.333. The third-order valence-corrected chi connectivity index (χ3v) is 4.27. The van der Waals surface area contributed by atoms with Crippen LogP contribution in [-0.4, -0.2) is 35.3 Å². The van der Waals surface area contributed by atoms with Gasteiger partial charge in [-0.2, -0.15) is 0 Å². The molecule has 5 heteroatoms. The fourth-order valence-corrected chi connectivity index (χ4v) is 2.75. The maximum absolute atomic E-state index is 12.6. The number of amides is 2. The van der Waals surface area contributed by atoms with Crippen LogP contribution in [0.3, 0.4) is 0 Å². The molecule has 1 heterocycles. The van der Waals surface area contributed by atoms with Gasteiger partial charge in [-0.3, -0.25) is 9.59 Å². The van der Waals surface area contributed by atoms with Gasteiger partial charge in [-0.15, -0.1) is 0 Å². The first-order valence-corrected chi connectivity index (χ1v) is 7.54. The maximum atomic E-state index is 12.6. The number of nitrogen functional groups attached to an aromatic ring is 1. The summed E-state index contributed by atoms with van der Waals surface area (Å²) in [7, 11) is 0. The lowest BCUT2D eigenvalue weighted by molar-refractivity contribution is -0.125. The normalized spacial score (nSPS) is 21.4. The van der Waals surface area contributed by atoms with Gasteiger partial charge < -0.3 is 16.0 Å². The number of carbonyl (C=O) groups excluding carboxylic acids is 2. The van der Waals surface area contributed by atoms with Crippen LogP contribution in [0.15, 0.2) is 18.2 Å². The molecule has 5 nitrogen and oxygen atoms in total. The van der Waals surface area contributed by atoms with Crippen molar-refractivity contribution >= 4 is 17.5 Å². The fraction of sp³-hybridized carbons (Fsp3) is 0.500. The first kappa shape index (κ1) is 13.9. The Labute approximate surface area is 124 Å². The largest absolute Gasteiger partial charge is 0.398 e. The summed E-state index contributed by atoms with van der Waals surface area (Å²) < 4.78 is 0. The Bertz CT molecular complexity index is 581. The molecule has 1 unspecified atom stereocenters. The highest BCUT2D eigenvalue weighted by Gasteiger charge is 2.36. The summed E-state index contributed by atoms with van der Waals surface area (Å²) in [6.07, 6.45) is 3.73. The molecule has 3 N–H and O–H groups in total. The van der Waals surface area contributed by atoms with Crippen molar-refractivity contribution in [2.24, 2.45) is 0 Å². The van der Waals surface area contributed by atoms with E-state index in [0.717, 1.165) is 31.2 Å². The van der Waals surface area contributed by atoms with Crippen LogP contribution in [0.2, 0.25) is 0 Å². The SMILES string of the molecule is Cc1ccc(C(=O)N2CCCC2C(=O)NC2CC2)cc1N. The molecule has 1 saturated carbocycles. The number of nitrogens with one attached hydrogen (secondary N) is 1. The predicted molar refractivity (Wildman–Crippen MR) is 80.8 cm³/mol. The average Bonchev–Trinajstić information content (AvgIpc) is 3.14. The third kappa shape index (κ3) is 2.86. The number of hydrogen-bond donors (Lipinski definition) is 2. The Balaban J connectivity index is 1.75. The van der Waals surface area contributed by atoms with Gasteiger partial charge >= 0.3 is 0 Å². The zero-order valence-electron chi connectivity index (χ0n) is 12.3. The van der Waals surface area contributed by atoms with Crippen LogP contribution >= 0.6 is 0 Å². The minimum absolute atomic E-state index is 0.0107. The second kappa shape index (κ2) is 5.39. The van der Waals surface area contributed by atoms with Crippen LogP contribution in [0.25, 0.3) is 0 Å². The lowest BCUT2D eigenvalue weighted by Gasteiger charge is -2.24. The first-order chi connectivity index (χ1) is 10.1. The van der Waals surface area contributed by atoms with E-state index in [-0.39, 0.29) is 17.9 Å². The zero-order chi connectivity index (χ0) is 15.0. The maximum Gasteiger partial charge on any atom is 0.254 e. The molecule has 0 radical (unpaired) electrons. The van der Waals surface area contributed by atoms with Gasteiger partial charge in [-0.1, -0.05) is 6.07 Å². The van der Waals surface area contributed by atoms with Crippen LogP contribution in [0.4, 0.5) is 5.69 Å². The van der Waals surface area contributed by atoms with E-state index in [9.17, 15) is 9.59 Å². The predicted octanol–water partition coefficient (Wildman–Crippen LogP) is 1.46. The monoisotopic (exact) mass is 287 g/mol. The van der Waals surface area contributed by atoms with Crippen LogP contribution < -0.4 is 11.1 Å². The van der Waals surface area contributed by atoms with Crippen LogP contribution in [0.1, 0.15) is 41.6 Å². The Kier molecular flexibility index (Phi) is 3.57. The molecule has 1 aliphatic carbocycles. The fourth-order valence-electron chi connectivity index (χ4n) is 2.75. The van der Waals surface area contributed by atoms with Crippen molar-refractivity contribution in [2.75, 3.05) is 12.3 Å². The molecule has 1 atom stereocenters. The summed E-state index contributed by atoms with van der Waals surface area (Å²) in [5, 5.41) is 3.00. The molecule has 0 spiro atoms. The summed E-state index contributed by atoms with van der Waals surface area (Å²) in [5.41, 5.74) is 8.00. The lowest BCUT2D eigenvalue weighted by atomic mass is 10.1. The summed E-state index contributed by atoms with van der Waals surface area (Å²) in [4.78, 5) is 26.5. The number of aryl methyl sites for hydroxylation is 1. The van der Waals surface area contributed by atoms with Crippen LogP contribution in [0, 0.1) is 6.92 Å². The van der Waals surface area contributed by atoms with E-state index < -0.39 is 0 Å². The Morgan fingerprint density at radius 2 is 2.05 bits per heavy atom. The topological polar surface area (TPSA) is 75.4 Å². The number of anilines is 1. The number of nitrogens with zero attached hydrogens (tertiary/aromatic N) is 1. The van der Waals surface area contributed by atoms with Gasteiger partial charge in [-0.05, 0) is 50.3 Å². The highest BCUT2D eigenvalue weighted by atomic mass is 16.2. The average molecular weight is 287 g/mol. The number of likely N-dealkylation sites (tertiary alicyclic amines) is 1. The van der Waals surface area contributed by atoms with Gasteiger partial charge in [0.25, 0.3) is 5.91 Å². The molecule has 1 aromatic rings. The van der Waals surface area contributed by atoms with E-state index in [1.54, 1.807) is 17.0 Å².